The number of pyridine rings is 1. The molecule has 0 radical (unpaired) electrons. The van der Waals surface area contributed by atoms with Crippen LogP contribution in [-0.4, -0.2) is 48.6 Å². The highest BCUT2D eigenvalue weighted by atomic mass is 16.5. The number of likely N-dealkylation sites (N-methyl/N-ethyl adjacent to an activating group) is 1. The molecule has 6 nitrogen and oxygen atoms in total. The number of ether oxygens (including phenoxy) is 1. The van der Waals surface area contributed by atoms with Gasteiger partial charge >= 0.3 is 0 Å². The first-order valence-electron chi connectivity index (χ1n) is 11.4. The average molecular weight is 440 g/mol. The van der Waals surface area contributed by atoms with Crippen molar-refractivity contribution >= 4 is 17.1 Å². The summed E-state index contributed by atoms with van der Waals surface area (Å²) in [5.74, 6) is 0.878. The third kappa shape index (κ3) is 4.52. The zero-order valence-corrected chi connectivity index (χ0v) is 19.2. The molecule has 0 saturated carbocycles. The molecule has 0 bridgehead atoms. The number of benzene rings is 2. The van der Waals surface area contributed by atoms with Crippen LogP contribution in [0.2, 0.25) is 0 Å². The van der Waals surface area contributed by atoms with E-state index in [-0.39, 0.29) is 6.04 Å². The third-order valence-electron chi connectivity index (χ3n) is 6.32. The van der Waals surface area contributed by atoms with Crippen molar-refractivity contribution in [3.05, 3.63) is 89.2 Å². The Morgan fingerprint density at radius 1 is 1.03 bits per heavy atom. The van der Waals surface area contributed by atoms with Crippen LogP contribution in [0.4, 0.5) is 5.69 Å². The molecule has 0 saturated heterocycles. The molecule has 1 aromatic heterocycles. The molecule has 2 heterocycles. The Kier molecular flexibility index (Phi) is 5.92. The fourth-order valence-electron chi connectivity index (χ4n) is 4.49. The maximum absolute atomic E-state index is 8.16. The quantitative estimate of drug-likeness (QED) is 0.580. The summed E-state index contributed by atoms with van der Waals surface area (Å²) in [4.78, 5) is 6.29. The van der Waals surface area contributed by atoms with Crippen LogP contribution in [0.25, 0.3) is 0 Å². The van der Waals surface area contributed by atoms with Gasteiger partial charge < -0.3 is 15.0 Å². The minimum atomic E-state index is 0.110. The first kappa shape index (κ1) is 21.3. The van der Waals surface area contributed by atoms with Gasteiger partial charge in [0.2, 0.25) is 0 Å². The molecular weight excluding hydrogens is 410 g/mol. The maximum atomic E-state index is 8.16. The van der Waals surface area contributed by atoms with Crippen molar-refractivity contribution < 1.29 is 4.74 Å². The number of nitrogens with one attached hydrogen (secondary N) is 1. The third-order valence-corrected chi connectivity index (χ3v) is 6.32. The highest BCUT2D eigenvalue weighted by Crippen LogP contribution is 2.38. The summed E-state index contributed by atoms with van der Waals surface area (Å²) in [6, 6.07) is 18.9. The Balaban J connectivity index is 1.41. The molecule has 3 aromatic rings. The van der Waals surface area contributed by atoms with Crippen LogP contribution in [0, 0.1) is 5.41 Å². The predicted octanol–water partition coefficient (Wildman–Crippen LogP) is 4.69. The Morgan fingerprint density at radius 3 is 2.58 bits per heavy atom. The number of aryl methyl sites for hydroxylation is 1. The molecule has 1 aliphatic heterocycles. The van der Waals surface area contributed by atoms with Crippen molar-refractivity contribution in [3.63, 3.8) is 0 Å². The summed E-state index contributed by atoms with van der Waals surface area (Å²) >= 11 is 0. The first-order valence-corrected chi connectivity index (χ1v) is 11.4. The minimum Gasteiger partial charge on any atom is -0.492 e. The molecule has 1 aliphatic carbocycles. The Morgan fingerprint density at radius 2 is 1.82 bits per heavy atom. The summed E-state index contributed by atoms with van der Waals surface area (Å²) in [6.07, 6.45) is 6.22. The number of nitrogens with zero attached hydrogens (tertiary/aromatic N) is 4. The van der Waals surface area contributed by atoms with Crippen molar-refractivity contribution in [1.82, 2.24) is 9.88 Å². The summed E-state index contributed by atoms with van der Waals surface area (Å²) in [5, 5.41) is 15.3. The van der Waals surface area contributed by atoms with Gasteiger partial charge in [0.1, 0.15) is 12.4 Å². The number of hydrogen-bond acceptors (Lipinski definition) is 6. The van der Waals surface area contributed by atoms with Crippen molar-refractivity contribution in [2.24, 2.45) is 5.10 Å². The first-order chi connectivity index (χ1) is 16.1. The van der Waals surface area contributed by atoms with Crippen LogP contribution in [0.5, 0.6) is 5.75 Å². The zero-order valence-electron chi connectivity index (χ0n) is 19.2. The fraction of sp³-hybridized carbons (Fsp3) is 0.296. The summed E-state index contributed by atoms with van der Waals surface area (Å²) in [7, 11) is 4.08. The topological polar surface area (TPSA) is 64.8 Å². The lowest BCUT2D eigenvalue weighted by molar-refractivity contribution is 0.261. The van der Waals surface area contributed by atoms with Gasteiger partial charge in [0.25, 0.3) is 0 Å². The number of rotatable bonds is 7. The van der Waals surface area contributed by atoms with Gasteiger partial charge in [-0.1, -0.05) is 18.2 Å². The van der Waals surface area contributed by atoms with Gasteiger partial charge in [0.15, 0.2) is 0 Å². The van der Waals surface area contributed by atoms with E-state index < -0.39 is 0 Å². The van der Waals surface area contributed by atoms with E-state index in [1.165, 1.54) is 11.1 Å². The predicted molar refractivity (Wildman–Crippen MR) is 133 cm³/mol. The van der Waals surface area contributed by atoms with Crippen LogP contribution in [0.15, 0.2) is 72.1 Å². The summed E-state index contributed by atoms with van der Waals surface area (Å²) in [6.45, 7) is 1.55. The van der Waals surface area contributed by atoms with Gasteiger partial charge in [-0.2, -0.15) is 5.10 Å². The van der Waals surface area contributed by atoms with E-state index in [1.54, 1.807) is 0 Å². The molecule has 2 aromatic carbocycles. The zero-order chi connectivity index (χ0) is 22.8. The normalized spacial score (nSPS) is 17.4. The van der Waals surface area contributed by atoms with E-state index in [0.29, 0.717) is 6.61 Å². The fourth-order valence-corrected chi connectivity index (χ4v) is 4.49. The van der Waals surface area contributed by atoms with Crippen molar-refractivity contribution in [3.8, 4) is 5.75 Å². The van der Waals surface area contributed by atoms with Crippen LogP contribution >= 0.6 is 0 Å². The number of anilines is 1. The molecule has 1 N–H and O–H groups in total. The van der Waals surface area contributed by atoms with Gasteiger partial charge in [0, 0.05) is 31.1 Å². The minimum absolute atomic E-state index is 0.110. The molecule has 2 aliphatic rings. The SMILES string of the molecule is CN(C)CCOc1ccc(C2=NN(c3ccncc3)C(c3ccc4c(c3)CCC4=N)C2)cc1. The molecular formula is C27H29N5O. The van der Waals surface area contributed by atoms with E-state index in [0.717, 1.165) is 59.8 Å². The van der Waals surface area contributed by atoms with Crippen molar-refractivity contribution in [1.29, 1.82) is 5.41 Å². The molecule has 6 heteroatoms. The lowest BCUT2D eigenvalue weighted by Crippen LogP contribution is -2.19. The van der Waals surface area contributed by atoms with Crippen molar-refractivity contribution in [2.75, 3.05) is 32.3 Å². The summed E-state index contributed by atoms with van der Waals surface area (Å²) in [5.41, 5.74) is 7.56. The number of hydrogen-bond donors (Lipinski definition) is 1. The smallest absolute Gasteiger partial charge is 0.119 e. The van der Waals surface area contributed by atoms with E-state index in [2.05, 4.69) is 45.2 Å². The second-order valence-electron chi connectivity index (χ2n) is 8.89. The van der Waals surface area contributed by atoms with E-state index in [4.69, 9.17) is 15.2 Å². The maximum Gasteiger partial charge on any atom is 0.119 e. The molecule has 1 unspecified atom stereocenters. The molecule has 168 valence electrons. The molecule has 1 atom stereocenters. The molecule has 0 amide bonds. The Labute approximate surface area is 195 Å². The van der Waals surface area contributed by atoms with E-state index >= 15 is 0 Å². The second-order valence-corrected chi connectivity index (χ2v) is 8.89. The van der Waals surface area contributed by atoms with E-state index in [9.17, 15) is 0 Å². The van der Waals surface area contributed by atoms with Gasteiger partial charge in [-0.3, -0.25) is 9.99 Å². The highest BCUT2D eigenvalue weighted by Gasteiger charge is 2.31. The number of aromatic nitrogens is 1. The van der Waals surface area contributed by atoms with Crippen LogP contribution in [0.1, 0.15) is 41.1 Å². The standard InChI is InChI=1S/C27H29N5O/c1-31(2)15-16-33-23-7-3-19(4-8-23)26-18-27(32(30-26)22-11-13-29-14-12-22)21-5-9-24-20(17-21)6-10-25(24)28/h3-5,7-9,11-14,17,27-28H,6,10,15-16,18H2,1-2H3. The Bertz CT molecular complexity index is 1170. The monoisotopic (exact) mass is 439 g/mol. The van der Waals surface area contributed by atoms with E-state index in [1.807, 2.05) is 50.8 Å². The molecule has 5 rings (SSSR count). The second kappa shape index (κ2) is 9.16. The summed E-state index contributed by atoms with van der Waals surface area (Å²) < 4.78 is 5.85. The van der Waals surface area contributed by atoms with Gasteiger partial charge in [-0.15, -0.1) is 0 Å². The largest absolute Gasteiger partial charge is 0.492 e. The molecule has 0 fully saturated rings. The lowest BCUT2D eigenvalue weighted by Gasteiger charge is -2.24. The average Bonchev–Trinajstić information content (AvgIpc) is 3.44. The van der Waals surface area contributed by atoms with Crippen LogP contribution in [0.3, 0.4) is 0 Å². The number of fused-ring (bicyclic) bond motifs is 1. The molecule has 33 heavy (non-hydrogen) atoms. The highest BCUT2D eigenvalue weighted by molar-refractivity contribution is 6.04. The van der Waals surface area contributed by atoms with Crippen LogP contribution in [-0.2, 0) is 6.42 Å². The molecule has 0 spiro atoms. The lowest BCUT2D eigenvalue weighted by atomic mass is 9.95. The van der Waals surface area contributed by atoms with Gasteiger partial charge in [-0.25, -0.2) is 0 Å². The van der Waals surface area contributed by atoms with Gasteiger partial charge in [0.05, 0.1) is 17.4 Å². The van der Waals surface area contributed by atoms with Crippen LogP contribution < -0.4 is 9.75 Å². The van der Waals surface area contributed by atoms with Crippen molar-refractivity contribution in [2.45, 2.75) is 25.3 Å². The number of hydrazone groups is 1. The Hall–Kier alpha value is -3.51. The van der Waals surface area contributed by atoms with Gasteiger partial charge in [-0.05, 0) is 85.6 Å².